The summed E-state index contributed by atoms with van der Waals surface area (Å²) in [6.07, 6.45) is -1.06. The Bertz CT molecular complexity index is 541. The highest BCUT2D eigenvalue weighted by Gasteiger charge is 2.05. The van der Waals surface area contributed by atoms with Gasteiger partial charge in [0.2, 0.25) is 0 Å². The topological polar surface area (TPSA) is 87.4 Å². The number of rotatable bonds is 4. The van der Waals surface area contributed by atoms with Crippen molar-refractivity contribution >= 4 is 34.8 Å². The number of oxazole rings is 1. The first-order valence-corrected chi connectivity index (χ1v) is 5.30. The molecule has 1 amide bonds. The molecule has 0 aliphatic rings. The molecule has 0 aliphatic carbocycles. The molecular weight excluding hydrogens is 246 g/mol. The number of carboxylic acid groups (broad SMARTS) is 1. The van der Waals surface area contributed by atoms with Crippen molar-refractivity contribution in [3.05, 3.63) is 23.2 Å². The minimum absolute atomic E-state index is 0.273. The molecule has 0 saturated heterocycles. The summed E-state index contributed by atoms with van der Waals surface area (Å²) in [6.45, 7) is 0.668. The lowest BCUT2D eigenvalue weighted by molar-refractivity contribution is 0.195. The van der Waals surface area contributed by atoms with Gasteiger partial charge in [-0.15, -0.1) is 0 Å². The van der Waals surface area contributed by atoms with Gasteiger partial charge >= 0.3 is 6.09 Å². The molecular formula is C10H10ClN3O3. The maximum atomic E-state index is 10.2. The van der Waals surface area contributed by atoms with E-state index in [0.29, 0.717) is 28.7 Å². The average molecular weight is 256 g/mol. The number of aromatic nitrogens is 1. The quantitative estimate of drug-likeness (QED) is 0.729. The number of anilines is 1. The van der Waals surface area contributed by atoms with E-state index in [1.807, 2.05) is 0 Å². The summed E-state index contributed by atoms with van der Waals surface area (Å²) in [5.74, 6) is 0. The highest BCUT2D eigenvalue weighted by atomic mass is 35.5. The van der Waals surface area contributed by atoms with Crippen LogP contribution >= 0.6 is 11.6 Å². The fourth-order valence-electron chi connectivity index (χ4n) is 1.32. The summed E-state index contributed by atoms with van der Waals surface area (Å²) >= 11 is 5.81. The molecule has 3 N–H and O–H groups in total. The van der Waals surface area contributed by atoms with Crippen molar-refractivity contribution in [3.8, 4) is 0 Å². The molecule has 0 radical (unpaired) electrons. The fraction of sp³-hybridized carbons (Fsp3) is 0.200. The Morgan fingerprint density at radius 2 is 2.29 bits per heavy atom. The smallest absolute Gasteiger partial charge is 0.404 e. The number of carbonyl (C=O) groups is 1. The van der Waals surface area contributed by atoms with Gasteiger partial charge in [-0.1, -0.05) is 11.6 Å². The molecule has 0 unspecified atom stereocenters. The van der Waals surface area contributed by atoms with Crippen LogP contribution in [0.25, 0.3) is 11.1 Å². The highest BCUT2D eigenvalue weighted by molar-refractivity contribution is 6.31. The van der Waals surface area contributed by atoms with Gasteiger partial charge in [0.15, 0.2) is 5.58 Å². The summed E-state index contributed by atoms with van der Waals surface area (Å²) in [5, 5.41) is 14.0. The van der Waals surface area contributed by atoms with E-state index in [9.17, 15) is 4.79 Å². The lowest BCUT2D eigenvalue weighted by Crippen LogP contribution is -2.26. The summed E-state index contributed by atoms with van der Waals surface area (Å²) < 4.78 is 5.37. The third-order valence-corrected chi connectivity index (χ3v) is 2.26. The SMILES string of the molecule is O=C(O)NCCNc1nc2cc(Cl)ccc2o1. The maximum absolute atomic E-state index is 10.2. The zero-order valence-corrected chi connectivity index (χ0v) is 9.49. The molecule has 7 heteroatoms. The van der Waals surface area contributed by atoms with Crippen LogP contribution in [0.3, 0.4) is 0 Å². The van der Waals surface area contributed by atoms with E-state index in [4.69, 9.17) is 21.1 Å². The van der Waals surface area contributed by atoms with Crippen molar-refractivity contribution in [2.45, 2.75) is 0 Å². The number of nitrogens with zero attached hydrogens (tertiary/aromatic N) is 1. The standard InChI is InChI=1S/C10H10ClN3O3/c11-6-1-2-8-7(5-6)14-9(17-8)12-3-4-13-10(15)16/h1-2,5,13H,3-4H2,(H,12,14)(H,15,16). The maximum Gasteiger partial charge on any atom is 0.404 e. The van der Waals surface area contributed by atoms with Crippen LogP contribution in [-0.4, -0.2) is 29.3 Å². The van der Waals surface area contributed by atoms with Crippen LogP contribution in [0, 0.1) is 0 Å². The summed E-state index contributed by atoms with van der Waals surface area (Å²) in [5.41, 5.74) is 1.29. The first-order chi connectivity index (χ1) is 8.15. The number of hydrogen-bond donors (Lipinski definition) is 3. The number of benzene rings is 1. The molecule has 1 heterocycles. The van der Waals surface area contributed by atoms with Crippen molar-refractivity contribution in [2.75, 3.05) is 18.4 Å². The van der Waals surface area contributed by atoms with Crippen molar-refractivity contribution < 1.29 is 14.3 Å². The Morgan fingerprint density at radius 1 is 1.47 bits per heavy atom. The van der Waals surface area contributed by atoms with Gasteiger partial charge in [-0.2, -0.15) is 4.98 Å². The van der Waals surface area contributed by atoms with Crippen LogP contribution in [0.1, 0.15) is 0 Å². The Labute approximate surface area is 102 Å². The van der Waals surface area contributed by atoms with Gasteiger partial charge in [0.1, 0.15) is 5.52 Å². The van der Waals surface area contributed by atoms with E-state index < -0.39 is 6.09 Å². The second kappa shape index (κ2) is 4.92. The molecule has 0 aliphatic heterocycles. The predicted octanol–water partition coefficient (Wildman–Crippen LogP) is 2.16. The van der Waals surface area contributed by atoms with E-state index in [1.54, 1.807) is 18.2 Å². The second-order valence-electron chi connectivity index (χ2n) is 3.29. The van der Waals surface area contributed by atoms with Crippen LogP contribution < -0.4 is 10.6 Å². The Balaban J connectivity index is 1.97. The number of halogens is 1. The van der Waals surface area contributed by atoms with E-state index in [-0.39, 0.29) is 6.54 Å². The number of nitrogens with one attached hydrogen (secondary N) is 2. The van der Waals surface area contributed by atoms with E-state index in [2.05, 4.69) is 15.6 Å². The van der Waals surface area contributed by atoms with Crippen LogP contribution in [0.15, 0.2) is 22.6 Å². The van der Waals surface area contributed by atoms with Gasteiger partial charge in [0.25, 0.3) is 6.01 Å². The van der Waals surface area contributed by atoms with Gasteiger partial charge in [0, 0.05) is 18.1 Å². The molecule has 17 heavy (non-hydrogen) atoms. The minimum Gasteiger partial charge on any atom is -0.465 e. The second-order valence-corrected chi connectivity index (χ2v) is 3.73. The number of amides is 1. The highest BCUT2D eigenvalue weighted by Crippen LogP contribution is 2.21. The van der Waals surface area contributed by atoms with Gasteiger partial charge in [-0.25, -0.2) is 4.79 Å². The minimum atomic E-state index is -1.06. The molecule has 1 aromatic heterocycles. The van der Waals surface area contributed by atoms with Crippen LogP contribution in [0.5, 0.6) is 0 Å². The van der Waals surface area contributed by atoms with Crippen molar-refractivity contribution in [2.24, 2.45) is 0 Å². The molecule has 1 aromatic carbocycles. The number of hydrogen-bond acceptors (Lipinski definition) is 4. The summed E-state index contributed by atoms with van der Waals surface area (Å²) in [6, 6.07) is 5.48. The van der Waals surface area contributed by atoms with Crippen molar-refractivity contribution in [1.29, 1.82) is 0 Å². The Morgan fingerprint density at radius 3 is 3.06 bits per heavy atom. The summed E-state index contributed by atoms with van der Waals surface area (Å²) in [7, 11) is 0. The van der Waals surface area contributed by atoms with Gasteiger partial charge in [-0.05, 0) is 18.2 Å². The van der Waals surface area contributed by atoms with Crippen LogP contribution in [0.2, 0.25) is 5.02 Å². The third-order valence-electron chi connectivity index (χ3n) is 2.03. The zero-order chi connectivity index (χ0) is 12.3. The Kier molecular flexibility index (Phi) is 3.34. The van der Waals surface area contributed by atoms with Crippen molar-refractivity contribution in [3.63, 3.8) is 0 Å². The van der Waals surface area contributed by atoms with Crippen molar-refractivity contribution in [1.82, 2.24) is 10.3 Å². The zero-order valence-electron chi connectivity index (χ0n) is 8.74. The van der Waals surface area contributed by atoms with Crippen LogP contribution in [-0.2, 0) is 0 Å². The molecule has 0 saturated carbocycles. The molecule has 2 rings (SSSR count). The number of fused-ring (bicyclic) bond motifs is 1. The molecule has 2 aromatic rings. The molecule has 6 nitrogen and oxygen atoms in total. The lowest BCUT2D eigenvalue weighted by Gasteiger charge is -2.00. The van der Waals surface area contributed by atoms with Crippen LogP contribution in [0.4, 0.5) is 10.8 Å². The molecule has 0 bridgehead atoms. The predicted molar refractivity (Wildman–Crippen MR) is 63.5 cm³/mol. The lowest BCUT2D eigenvalue weighted by atomic mass is 10.3. The summed E-state index contributed by atoms with van der Waals surface area (Å²) in [4.78, 5) is 14.3. The average Bonchev–Trinajstić information content (AvgIpc) is 2.66. The third kappa shape index (κ3) is 3.01. The molecule has 90 valence electrons. The first-order valence-electron chi connectivity index (χ1n) is 4.92. The van der Waals surface area contributed by atoms with Gasteiger partial charge in [-0.3, -0.25) is 0 Å². The molecule has 0 fully saturated rings. The largest absolute Gasteiger partial charge is 0.465 e. The van der Waals surface area contributed by atoms with Gasteiger partial charge in [0.05, 0.1) is 0 Å². The molecule has 0 atom stereocenters. The Hall–Kier alpha value is -1.95. The fourth-order valence-corrected chi connectivity index (χ4v) is 1.48. The normalized spacial score (nSPS) is 10.4. The van der Waals surface area contributed by atoms with E-state index in [0.717, 1.165) is 0 Å². The van der Waals surface area contributed by atoms with E-state index in [1.165, 1.54) is 0 Å². The van der Waals surface area contributed by atoms with Gasteiger partial charge < -0.3 is 20.2 Å². The monoisotopic (exact) mass is 255 g/mol. The molecule has 0 spiro atoms. The first kappa shape index (κ1) is 11.5. The van der Waals surface area contributed by atoms with E-state index >= 15 is 0 Å².